The zero-order valence-corrected chi connectivity index (χ0v) is 17.0. The smallest absolute Gasteiger partial charge is 0.260 e. The number of likely N-dealkylation sites (tertiary alicyclic amines) is 1. The highest BCUT2D eigenvalue weighted by molar-refractivity contribution is 5.83. The van der Waals surface area contributed by atoms with Crippen LogP contribution in [0.4, 0.5) is 0 Å². The van der Waals surface area contributed by atoms with Gasteiger partial charge in [-0.3, -0.25) is 14.6 Å². The van der Waals surface area contributed by atoms with E-state index in [1.54, 1.807) is 17.3 Å². The molecule has 1 aromatic carbocycles. The van der Waals surface area contributed by atoms with Crippen molar-refractivity contribution in [3.63, 3.8) is 0 Å². The summed E-state index contributed by atoms with van der Waals surface area (Å²) in [6.45, 7) is 2.66. The molecular weight excluding hydrogens is 382 g/mol. The molecule has 1 N–H and O–H groups in total. The first-order valence-corrected chi connectivity index (χ1v) is 10.4. The maximum Gasteiger partial charge on any atom is 0.260 e. The number of nitrogens with one attached hydrogen (secondary N) is 1. The lowest BCUT2D eigenvalue weighted by Crippen LogP contribution is -2.44. The van der Waals surface area contributed by atoms with E-state index in [1.807, 2.05) is 42.5 Å². The van der Waals surface area contributed by atoms with Gasteiger partial charge in [0.2, 0.25) is 5.91 Å². The minimum absolute atomic E-state index is 0.00649. The molecule has 2 amide bonds. The van der Waals surface area contributed by atoms with E-state index in [2.05, 4.69) is 10.3 Å². The number of carbonyl (C=O) groups is 2. The molecule has 1 unspecified atom stereocenters. The first-order chi connectivity index (χ1) is 14.7. The van der Waals surface area contributed by atoms with Crippen LogP contribution in [0.25, 0.3) is 0 Å². The quantitative estimate of drug-likeness (QED) is 0.790. The Balaban J connectivity index is 1.41. The van der Waals surface area contributed by atoms with Crippen LogP contribution in [0.15, 0.2) is 54.9 Å². The number of hydrogen-bond donors (Lipinski definition) is 1. The Kier molecular flexibility index (Phi) is 6.28. The van der Waals surface area contributed by atoms with Gasteiger partial charge in [-0.15, -0.1) is 0 Å². The lowest BCUT2D eigenvalue weighted by Gasteiger charge is -2.37. The molecule has 30 heavy (non-hydrogen) atoms. The van der Waals surface area contributed by atoms with Crippen molar-refractivity contribution in [2.75, 3.05) is 32.9 Å². The Morgan fingerprint density at radius 1 is 1.13 bits per heavy atom. The summed E-state index contributed by atoms with van der Waals surface area (Å²) in [6, 6.07) is 13.1. The molecule has 2 aliphatic heterocycles. The first kappa shape index (κ1) is 20.3. The van der Waals surface area contributed by atoms with Crippen LogP contribution in [-0.4, -0.2) is 54.6 Å². The molecule has 158 valence electrons. The summed E-state index contributed by atoms with van der Waals surface area (Å²) in [5.74, 6) is 0.323. The van der Waals surface area contributed by atoms with Crippen molar-refractivity contribution >= 4 is 11.8 Å². The summed E-state index contributed by atoms with van der Waals surface area (Å²) in [4.78, 5) is 31.7. The zero-order chi connectivity index (χ0) is 20.8. The summed E-state index contributed by atoms with van der Waals surface area (Å²) in [6.07, 6.45) is 4.99. The number of nitrogens with zero attached hydrogens (tertiary/aromatic N) is 2. The van der Waals surface area contributed by atoms with Crippen LogP contribution in [0.2, 0.25) is 0 Å². The van der Waals surface area contributed by atoms with Gasteiger partial charge in [-0.2, -0.15) is 0 Å². The van der Waals surface area contributed by atoms with Crippen LogP contribution in [-0.2, 0) is 20.9 Å². The zero-order valence-electron chi connectivity index (χ0n) is 17.0. The molecule has 1 aromatic heterocycles. The maximum atomic E-state index is 13.1. The van der Waals surface area contributed by atoms with Crippen molar-refractivity contribution in [3.05, 3.63) is 60.4 Å². The van der Waals surface area contributed by atoms with Crippen LogP contribution in [0.3, 0.4) is 0 Å². The summed E-state index contributed by atoms with van der Waals surface area (Å²) in [5.41, 5.74) is 0.768. The van der Waals surface area contributed by atoms with Gasteiger partial charge >= 0.3 is 0 Å². The van der Waals surface area contributed by atoms with Gasteiger partial charge in [-0.05, 0) is 42.7 Å². The predicted molar refractivity (Wildman–Crippen MR) is 111 cm³/mol. The van der Waals surface area contributed by atoms with Crippen LogP contribution >= 0.6 is 0 Å². The number of benzene rings is 1. The summed E-state index contributed by atoms with van der Waals surface area (Å²) in [7, 11) is 0. The Bertz CT molecular complexity index is 853. The van der Waals surface area contributed by atoms with E-state index in [4.69, 9.17) is 9.47 Å². The maximum absolute atomic E-state index is 13.1. The molecule has 3 heterocycles. The third-order valence-electron chi connectivity index (χ3n) is 6.13. The fourth-order valence-electron chi connectivity index (χ4n) is 4.37. The molecule has 4 rings (SSSR count). The van der Waals surface area contributed by atoms with E-state index in [9.17, 15) is 9.59 Å². The molecule has 2 aliphatic rings. The highest BCUT2D eigenvalue weighted by Crippen LogP contribution is 2.44. The second-order valence-electron chi connectivity index (χ2n) is 7.98. The molecule has 2 aromatic rings. The first-order valence-electron chi connectivity index (χ1n) is 10.4. The monoisotopic (exact) mass is 409 g/mol. The van der Waals surface area contributed by atoms with E-state index in [-0.39, 0.29) is 29.8 Å². The molecular formula is C23H27N3O4. The molecule has 7 heteroatoms. The fraction of sp³-hybridized carbons (Fsp3) is 0.435. The molecule has 0 radical (unpaired) electrons. The van der Waals surface area contributed by atoms with Gasteiger partial charge < -0.3 is 19.7 Å². The van der Waals surface area contributed by atoms with Crippen molar-refractivity contribution in [1.82, 2.24) is 15.2 Å². The van der Waals surface area contributed by atoms with Crippen molar-refractivity contribution in [1.29, 1.82) is 0 Å². The second-order valence-corrected chi connectivity index (χ2v) is 7.98. The number of pyridine rings is 1. The Morgan fingerprint density at radius 3 is 2.60 bits per heavy atom. The lowest BCUT2D eigenvalue weighted by atomic mass is 9.71. The van der Waals surface area contributed by atoms with Crippen LogP contribution in [0.1, 0.15) is 18.4 Å². The largest absolute Gasteiger partial charge is 0.484 e. The van der Waals surface area contributed by atoms with Crippen molar-refractivity contribution in [2.45, 2.75) is 19.4 Å². The van der Waals surface area contributed by atoms with E-state index < -0.39 is 0 Å². The van der Waals surface area contributed by atoms with E-state index in [1.165, 1.54) is 0 Å². The van der Waals surface area contributed by atoms with Gasteiger partial charge in [0.15, 0.2) is 6.61 Å². The van der Waals surface area contributed by atoms with Gasteiger partial charge in [-0.25, -0.2) is 0 Å². The highest BCUT2D eigenvalue weighted by Gasteiger charge is 2.51. The molecule has 0 aliphatic carbocycles. The predicted octanol–water partition coefficient (Wildman–Crippen LogP) is 2.03. The fourth-order valence-corrected chi connectivity index (χ4v) is 4.37. The summed E-state index contributed by atoms with van der Waals surface area (Å²) >= 11 is 0. The van der Waals surface area contributed by atoms with Gasteiger partial charge in [0.25, 0.3) is 5.91 Å². The average molecular weight is 409 g/mol. The third kappa shape index (κ3) is 4.62. The van der Waals surface area contributed by atoms with Crippen LogP contribution < -0.4 is 10.1 Å². The number of rotatable bonds is 6. The molecule has 1 spiro atoms. The number of carbonyl (C=O) groups excluding carboxylic acids is 2. The van der Waals surface area contributed by atoms with Crippen molar-refractivity contribution in [3.8, 4) is 5.75 Å². The second kappa shape index (κ2) is 9.26. The summed E-state index contributed by atoms with van der Waals surface area (Å²) in [5, 5.41) is 3.05. The van der Waals surface area contributed by atoms with Gasteiger partial charge in [0.1, 0.15) is 5.75 Å². The average Bonchev–Trinajstić information content (AvgIpc) is 3.16. The minimum atomic E-state index is -0.246. The Hall–Kier alpha value is -2.93. The molecule has 0 saturated carbocycles. The van der Waals surface area contributed by atoms with Gasteiger partial charge in [-0.1, -0.05) is 18.2 Å². The molecule has 0 bridgehead atoms. The molecule has 2 fully saturated rings. The highest BCUT2D eigenvalue weighted by atomic mass is 16.5. The SMILES string of the molecule is O=C(NCc1ccncc1)C1CN(C(=O)COc2ccccc2)CC12CCOCC2. The van der Waals surface area contributed by atoms with E-state index in [0.29, 0.717) is 38.6 Å². The lowest BCUT2D eigenvalue weighted by molar-refractivity contribution is -0.133. The molecule has 7 nitrogen and oxygen atoms in total. The van der Waals surface area contributed by atoms with Gasteiger partial charge in [0, 0.05) is 50.7 Å². The van der Waals surface area contributed by atoms with E-state index >= 15 is 0 Å². The summed E-state index contributed by atoms with van der Waals surface area (Å²) < 4.78 is 11.2. The minimum Gasteiger partial charge on any atom is -0.484 e. The van der Waals surface area contributed by atoms with Crippen molar-refractivity contribution < 1.29 is 19.1 Å². The molecule has 1 atom stereocenters. The normalized spacial score (nSPS) is 20.1. The Morgan fingerprint density at radius 2 is 1.87 bits per heavy atom. The van der Waals surface area contributed by atoms with Crippen LogP contribution in [0, 0.1) is 11.3 Å². The number of ether oxygens (including phenoxy) is 2. The van der Waals surface area contributed by atoms with Gasteiger partial charge in [0.05, 0.1) is 5.92 Å². The van der Waals surface area contributed by atoms with E-state index in [0.717, 1.165) is 18.4 Å². The third-order valence-corrected chi connectivity index (χ3v) is 6.13. The topological polar surface area (TPSA) is 80.8 Å². The Labute approximate surface area is 176 Å². The molecule has 2 saturated heterocycles. The number of aromatic nitrogens is 1. The standard InChI is InChI=1S/C23H27N3O4/c27-21(16-30-19-4-2-1-3-5-19)26-15-20(23(17-26)8-12-29-13-9-23)22(28)25-14-18-6-10-24-11-7-18/h1-7,10-11,20H,8-9,12-17H2,(H,25,28). The number of amides is 2. The van der Waals surface area contributed by atoms with Crippen molar-refractivity contribution in [2.24, 2.45) is 11.3 Å². The van der Waals surface area contributed by atoms with Crippen LogP contribution in [0.5, 0.6) is 5.75 Å². The number of para-hydroxylation sites is 1. The number of hydrogen-bond acceptors (Lipinski definition) is 5.